The second-order valence-electron chi connectivity index (χ2n) is 4.75. The zero-order chi connectivity index (χ0) is 12.7. The lowest BCUT2D eigenvalue weighted by Crippen LogP contribution is -1.90. The monoisotopic (exact) mass is 232 g/mol. The maximum absolute atomic E-state index is 9.69. The molecule has 1 nitrogen and oxygen atoms in total. The number of hydrogen-bond acceptors (Lipinski definition) is 1. The van der Waals surface area contributed by atoms with Crippen LogP contribution in [-0.2, 0) is 6.42 Å². The summed E-state index contributed by atoms with van der Waals surface area (Å²) in [5.41, 5.74) is 3.34. The fourth-order valence-corrected chi connectivity index (χ4v) is 2.12. The van der Waals surface area contributed by atoms with Crippen LogP contribution < -0.4 is 0 Å². The van der Waals surface area contributed by atoms with Crippen molar-refractivity contribution in [1.29, 1.82) is 0 Å². The number of phenolic OH excluding ortho intramolecular Hbond substituents is 1. The minimum Gasteiger partial charge on any atom is -0.507 e. The van der Waals surface area contributed by atoms with Gasteiger partial charge in [-0.2, -0.15) is 0 Å². The van der Waals surface area contributed by atoms with Gasteiger partial charge in [0.2, 0.25) is 0 Å². The van der Waals surface area contributed by atoms with Crippen molar-refractivity contribution >= 4 is 0 Å². The third kappa shape index (κ3) is 4.64. The number of phenols is 1. The number of allylic oxidation sites excluding steroid dienone is 2. The fraction of sp³-hybridized carbons (Fsp3) is 0.500. The highest BCUT2D eigenvalue weighted by atomic mass is 16.3. The molecule has 0 fully saturated rings. The summed E-state index contributed by atoms with van der Waals surface area (Å²) in [6.45, 7) is 6.01. The Kier molecular flexibility index (Phi) is 5.82. The Morgan fingerprint density at radius 3 is 2.29 bits per heavy atom. The highest BCUT2D eigenvalue weighted by Gasteiger charge is 2.02. The Labute approximate surface area is 105 Å². The van der Waals surface area contributed by atoms with Gasteiger partial charge in [-0.25, -0.2) is 0 Å². The summed E-state index contributed by atoms with van der Waals surface area (Å²) in [6.07, 6.45) is 10.5. The largest absolute Gasteiger partial charge is 0.507 e. The molecule has 1 aromatic carbocycles. The number of aromatic hydroxyl groups is 1. The number of benzene rings is 1. The molecule has 0 aliphatic carbocycles. The summed E-state index contributed by atoms with van der Waals surface area (Å²) in [5, 5.41) is 9.69. The molecule has 0 aromatic heterocycles. The molecule has 1 aromatic rings. The van der Waals surface area contributed by atoms with Gasteiger partial charge in [-0.05, 0) is 63.1 Å². The first-order chi connectivity index (χ1) is 8.15. The van der Waals surface area contributed by atoms with Crippen molar-refractivity contribution in [2.24, 2.45) is 0 Å². The Hall–Kier alpha value is -1.24. The van der Waals surface area contributed by atoms with Crippen LogP contribution in [0.15, 0.2) is 24.3 Å². The zero-order valence-electron chi connectivity index (χ0n) is 11.3. The average molecular weight is 232 g/mol. The molecule has 0 bridgehead atoms. The van der Waals surface area contributed by atoms with Gasteiger partial charge in [0, 0.05) is 0 Å². The first-order valence-electron chi connectivity index (χ1n) is 6.55. The van der Waals surface area contributed by atoms with Gasteiger partial charge >= 0.3 is 0 Å². The number of unbranched alkanes of at least 4 members (excludes halogenated alkanes) is 3. The van der Waals surface area contributed by atoms with Crippen LogP contribution in [0.2, 0.25) is 0 Å². The summed E-state index contributed by atoms with van der Waals surface area (Å²) in [7, 11) is 0. The normalized spacial score (nSPS) is 11.2. The van der Waals surface area contributed by atoms with Crippen LogP contribution in [0.5, 0.6) is 5.75 Å². The van der Waals surface area contributed by atoms with Crippen LogP contribution in [0.3, 0.4) is 0 Å². The SMILES string of the molecule is C/C=C\CCCCCc1cc(C)c(O)c(C)c1. The summed E-state index contributed by atoms with van der Waals surface area (Å²) in [6, 6.07) is 4.21. The minimum absolute atomic E-state index is 0.446. The third-order valence-electron chi connectivity index (χ3n) is 3.12. The highest BCUT2D eigenvalue weighted by Crippen LogP contribution is 2.23. The van der Waals surface area contributed by atoms with E-state index in [-0.39, 0.29) is 0 Å². The molecular weight excluding hydrogens is 208 g/mol. The second kappa shape index (κ2) is 7.16. The molecule has 0 amide bonds. The Bertz CT molecular complexity index is 354. The molecule has 0 saturated carbocycles. The lowest BCUT2D eigenvalue weighted by Gasteiger charge is -2.07. The van der Waals surface area contributed by atoms with Crippen molar-refractivity contribution in [3.8, 4) is 5.75 Å². The molecule has 0 spiro atoms. The van der Waals surface area contributed by atoms with Gasteiger partial charge in [0.05, 0.1) is 0 Å². The fourth-order valence-electron chi connectivity index (χ4n) is 2.12. The smallest absolute Gasteiger partial charge is 0.121 e. The van der Waals surface area contributed by atoms with Crippen molar-refractivity contribution in [2.75, 3.05) is 0 Å². The van der Waals surface area contributed by atoms with E-state index < -0.39 is 0 Å². The molecule has 1 rings (SSSR count). The van der Waals surface area contributed by atoms with Crippen LogP contribution >= 0.6 is 0 Å². The quantitative estimate of drug-likeness (QED) is 0.557. The summed E-state index contributed by atoms with van der Waals surface area (Å²) >= 11 is 0. The zero-order valence-corrected chi connectivity index (χ0v) is 11.3. The number of rotatable bonds is 6. The molecule has 0 aliphatic rings. The molecular formula is C16H24O. The van der Waals surface area contributed by atoms with Gasteiger partial charge in [0.25, 0.3) is 0 Å². The van der Waals surface area contributed by atoms with Crippen LogP contribution in [0.25, 0.3) is 0 Å². The molecule has 0 saturated heterocycles. The predicted octanol–water partition coefficient (Wildman–Crippen LogP) is 4.69. The van der Waals surface area contributed by atoms with E-state index in [2.05, 4.69) is 31.2 Å². The molecule has 0 aliphatic heterocycles. The molecule has 0 atom stereocenters. The molecule has 0 unspecified atom stereocenters. The van der Waals surface area contributed by atoms with Crippen LogP contribution in [0.4, 0.5) is 0 Å². The van der Waals surface area contributed by atoms with Gasteiger partial charge < -0.3 is 5.11 Å². The molecule has 17 heavy (non-hydrogen) atoms. The van der Waals surface area contributed by atoms with Gasteiger partial charge in [-0.15, -0.1) is 0 Å². The molecule has 94 valence electrons. The van der Waals surface area contributed by atoms with Gasteiger partial charge in [0.15, 0.2) is 0 Å². The topological polar surface area (TPSA) is 20.2 Å². The van der Waals surface area contributed by atoms with Gasteiger partial charge in [0.1, 0.15) is 5.75 Å². The van der Waals surface area contributed by atoms with E-state index in [1.807, 2.05) is 13.8 Å². The van der Waals surface area contributed by atoms with Gasteiger partial charge in [-0.3, -0.25) is 0 Å². The Morgan fingerprint density at radius 2 is 1.71 bits per heavy atom. The van der Waals surface area contributed by atoms with Crippen molar-refractivity contribution in [2.45, 2.75) is 52.9 Å². The third-order valence-corrected chi connectivity index (χ3v) is 3.12. The summed E-state index contributed by atoms with van der Waals surface area (Å²) in [5.74, 6) is 0.446. The molecule has 1 N–H and O–H groups in total. The number of aryl methyl sites for hydroxylation is 3. The first-order valence-corrected chi connectivity index (χ1v) is 6.55. The summed E-state index contributed by atoms with van der Waals surface area (Å²) in [4.78, 5) is 0. The van der Waals surface area contributed by atoms with E-state index in [0.29, 0.717) is 5.75 Å². The van der Waals surface area contributed by atoms with Crippen LogP contribution in [0.1, 0.15) is 49.3 Å². The highest BCUT2D eigenvalue weighted by molar-refractivity contribution is 5.42. The number of hydrogen-bond donors (Lipinski definition) is 1. The van der Waals surface area contributed by atoms with E-state index in [0.717, 1.165) is 17.5 Å². The van der Waals surface area contributed by atoms with Crippen LogP contribution in [-0.4, -0.2) is 5.11 Å². The van der Waals surface area contributed by atoms with Crippen molar-refractivity contribution in [1.82, 2.24) is 0 Å². The van der Waals surface area contributed by atoms with E-state index >= 15 is 0 Å². The van der Waals surface area contributed by atoms with Gasteiger partial charge in [-0.1, -0.05) is 30.7 Å². The van der Waals surface area contributed by atoms with Crippen LogP contribution in [0, 0.1) is 13.8 Å². The standard InChI is InChI=1S/C16H24O/c1-4-5-6-7-8-9-10-15-11-13(2)16(17)14(3)12-15/h4-5,11-12,17H,6-10H2,1-3H3/b5-4-. The predicted molar refractivity (Wildman–Crippen MR) is 74.6 cm³/mol. The lowest BCUT2D eigenvalue weighted by molar-refractivity contribution is 0.466. The molecule has 0 radical (unpaired) electrons. The first kappa shape index (κ1) is 13.8. The Balaban J connectivity index is 2.37. The van der Waals surface area contributed by atoms with E-state index in [4.69, 9.17) is 0 Å². The van der Waals surface area contributed by atoms with Crippen molar-refractivity contribution in [3.05, 3.63) is 41.0 Å². The van der Waals surface area contributed by atoms with Crippen molar-refractivity contribution in [3.63, 3.8) is 0 Å². The molecule has 0 heterocycles. The summed E-state index contributed by atoms with van der Waals surface area (Å²) < 4.78 is 0. The van der Waals surface area contributed by atoms with E-state index in [9.17, 15) is 5.11 Å². The van der Waals surface area contributed by atoms with E-state index in [1.54, 1.807) is 0 Å². The maximum Gasteiger partial charge on any atom is 0.121 e. The maximum atomic E-state index is 9.69. The second-order valence-corrected chi connectivity index (χ2v) is 4.75. The lowest BCUT2D eigenvalue weighted by atomic mass is 10.0. The van der Waals surface area contributed by atoms with E-state index in [1.165, 1.54) is 31.2 Å². The Morgan fingerprint density at radius 1 is 1.06 bits per heavy atom. The molecule has 1 heteroatoms. The minimum atomic E-state index is 0.446. The van der Waals surface area contributed by atoms with Crippen molar-refractivity contribution < 1.29 is 5.11 Å². The average Bonchev–Trinajstić information content (AvgIpc) is 2.30.